The minimum atomic E-state index is 0.911. The first kappa shape index (κ1) is 18.0. The molecule has 22 heavy (non-hydrogen) atoms. The van der Waals surface area contributed by atoms with Crippen molar-refractivity contribution in [1.29, 1.82) is 0 Å². The molecule has 0 spiro atoms. The lowest BCUT2D eigenvalue weighted by atomic mass is 9.96. The lowest BCUT2D eigenvalue weighted by molar-refractivity contribution is 0.902. The van der Waals surface area contributed by atoms with Gasteiger partial charge in [-0.1, -0.05) is 85.9 Å². The van der Waals surface area contributed by atoms with Crippen LogP contribution in [0.2, 0.25) is 0 Å². The third kappa shape index (κ3) is 6.58. The normalized spacial score (nSPS) is 11.6. The second-order valence-corrected chi connectivity index (χ2v) is 5.44. The molecule has 0 unspecified atom stereocenters. The van der Waals surface area contributed by atoms with Crippen LogP contribution in [0, 0.1) is 0 Å². The van der Waals surface area contributed by atoms with E-state index in [-0.39, 0.29) is 0 Å². The van der Waals surface area contributed by atoms with Crippen molar-refractivity contribution in [2.24, 2.45) is 0 Å². The molecule has 0 aliphatic carbocycles. The SMILES string of the molecule is C=C/C=C\C(=C/Cc1ccccc1CCC(=C)CC=C)CC. The van der Waals surface area contributed by atoms with Gasteiger partial charge in [0.1, 0.15) is 0 Å². The molecule has 0 aromatic heterocycles. The first-order valence-corrected chi connectivity index (χ1v) is 8.03. The van der Waals surface area contributed by atoms with Crippen molar-refractivity contribution in [3.63, 3.8) is 0 Å². The summed E-state index contributed by atoms with van der Waals surface area (Å²) in [6.45, 7) is 13.8. The molecule has 0 radical (unpaired) electrons. The molecule has 0 atom stereocenters. The van der Waals surface area contributed by atoms with Crippen LogP contribution in [0.25, 0.3) is 0 Å². The summed E-state index contributed by atoms with van der Waals surface area (Å²) < 4.78 is 0. The first-order valence-electron chi connectivity index (χ1n) is 8.03. The zero-order chi connectivity index (χ0) is 16.2. The second kappa shape index (κ2) is 10.6. The quantitative estimate of drug-likeness (QED) is 0.347. The molecule has 0 N–H and O–H groups in total. The van der Waals surface area contributed by atoms with E-state index < -0.39 is 0 Å². The van der Waals surface area contributed by atoms with Crippen molar-refractivity contribution >= 4 is 0 Å². The van der Waals surface area contributed by atoms with E-state index in [0.29, 0.717) is 0 Å². The Hall–Kier alpha value is -2.08. The van der Waals surface area contributed by atoms with Gasteiger partial charge in [-0.15, -0.1) is 6.58 Å². The molecule has 0 amide bonds. The van der Waals surface area contributed by atoms with Crippen LogP contribution in [0.5, 0.6) is 0 Å². The van der Waals surface area contributed by atoms with E-state index in [1.165, 1.54) is 22.3 Å². The predicted molar refractivity (Wildman–Crippen MR) is 100 cm³/mol. The zero-order valence-corrected chi connectivity index (χ0v) is 13.9. The lowest BCUT2D eigenvalue weighted by Gasteiger charge is -2.09. The summed E-state index contributed by atoms with van der Waals surface area (Å²) in [5.41, 5.74) is 5.44. The van der Waals surface area contributed by atoms with Gasteiger partial charge < -0.3 is 0 Å². The van der Waals surface area contributed by atoms with Crippen LogP contribution in [0.1, 0.15) is 37.3 Å². The molecule has 0 fully saturated rings. The molecule has 0 aliphatic heterocycles. The van der Waals surface area contributed by atoms with Gasteiger partial charge in [-0.3, -0.25) is 0 Å². The molecular weight excluding hydrogens is 264 g/mol. The lowest BCUT2D eigenvalue weighted by Crippen LogP contribution is -1.95. The highest BCUT2D eigenvalue weighted by molar-refractivity contribution is 5.32. The molecule has 0 bridgehead atoms. The number of allylic oxidation sites excluding steroid dienone is 7. The van der Waals surface area contributed by atoms with Crippen LogP contribution in [0.4, 0.5) is 0 Å². The van der Waals surface area contributed by atoms with E-state index in [1.54, 1.807) is 0 Å². The molecule has 0 nitrogen and oxygen atoms in total. The fraction of sp³-hybridized carbons (Fsp3) is 0.273. The van der Waals surface area contributed by atoms with Gasteiger partial charge in [-0.05, 0) is 43.2 Å². The summed E-state index contributed by atoms with van der Waals surface area (Å²) in [6, 6.07) is 8.70. The van der Waals surface area contributed by atoms with Gasteiger partial charge in [0.25, 0.3) is 0 Å². The largest absolute Gasteiger partial charge is 0.103 e. The second-order valence-electron chi connectivity index (χ2n) is 5.44. The third-order valence-electron chi connectivity index (χ3n) is 3.74. The van der Waals surface area contributed by atoms with Crippen LogP contribution < -0.4 is 0 Å². The monoisotopic (exact) mass is 292 g/mol. The van der Waals surface area contributed by atoms with Crippen molar-refractivity contribution in [2.45, 2.75) is 39.0 Å². The fourth-order valence-corrected chi connectivity index (χ4v) is 2.38. The number of hydrogen-bond acceptors (Lipinski definition) is 0. The highest BCUT2D eigenvalue weighted by atomic mass is 14.1. The van der Waals surface area contributed by atoms with Crippen molar-refractivity contribution in [1.82, 2.24) is 0 Å². The van der Waals surface area contributed by atoms with Gasteiger partial charge in [-0.2, -0.15) is 0 Å². The Morgan fingerprint density at radius 3 is 2.50 bits per heavy atom. The topological polar surface area (TPSA) is 0 Å². The Labute approximate surface area is 136 Å². The van der Waals surface area contributed by atoms with Gasteiger partial charge in [-0.25, -0.2) is 0 Å². The molecule has 116 valence electrons. The standard InChI is InChI=1S/C22H28/c1-5-8-12-20(7-3)16-18-22-14-10-9-13-21(22)17-15-19(4)11-6-2/h5-6,8-10,12-14,16H,1-2,4,7,11,15,17-18H2,3H3/b12-8-,20-16-. The van der Waals surface area contributed by atoms with Crippen LogP contribution in [0.15, 0.2) is 85.5 Å². The number of hydrogen-bond donors (Lipinski definition) is 0. The highest BCUT2D eigenvalue weighted by Gasteiger charge is 2.02. The first-order chi connectivity index (χ1) is 10.7. The average molecular weight is 292 g/mol. The summed E-state index contributed by atoms with van der Waals surface area (Å²) in [6.07, 6.45) is 15.2. The summed E-state index contributed by atoms with van der Waals surface area (Å²) in [4.78, 5) is 0. The molecule has 0 saturated heterocycles. The van der Waals surface area contributed by atoms with Gasteiger partial charge >= 0.3 is 0 Å². The smallest absolute Gasteiger partial charge is 0.00889 e. The number of benzene rings is 1. The Balaban J connectivity index is 2.76. The van der Waals surface area contributed by atoms with Crippen LogP contribution >= 0.6 is 0 Å². The van der Waals surface area contributed by atoms with Crippen LogP contribution in [0.3, 0.4) is 0 Å². The van der Waals surface area contributed by atoms with Crippen LogP contribution in [-0.2, 0) is 12.8 Å². The molecule has 1 aromatic carbocycles. The maximum absolute atomic E-state index is 4.11. The summed E-state index contributed by atoms with van der Waals surface area (Å²) in [5.74, 6) is 0. The predicted octanol–water partition coefficient (Wildman–Crippen LogP) is 6.37. The summed E-state index contributed by atoms with van der Waals surface area (Å²) in [5, 5.41) is 0. The minimum absolute atomic E-state index is 0.911. The van der Waals surface area contributed by atoms with E-state index in [9.17, 15) is 0 Å². The summed E-state index contributed by atoms with van der Waals surface area (Å²) in [7, 11) is 0. The van der Waals surface area contributed by atoms with E-state index in [1.807, 2.05) is 18.2 Å². The van der Waals surface area contributed by atoms with Gasteiger partial charge in [0.05, 0.1) is 0 Å². The molecule has 0 saturated carbocycles. The Bertz CT molecular complexity index is 555. The van der Waals surface area contributed by atoms with Gasteiger partial charge in [0, 0.05) is 0 Å². The van der Waals surface area contributed by atoms with E-state index in [0.717, 1.165) is 32.1 Å². The number of rotatable bonds is 10. The van der Waals surface area contributed by atoms with Crippen molar-refractivity contribution in [3.05, 3.63) is 96.7 Å². The van der Waals surface area contributed by atoms with E-state index in [2.05, 4.69) is 63.1 Å². The van der Waals surface area contributed by atoms with E-state index in [4.69, 9.17) is 0 Å². The average Bonchev–Trinajstić information content (AvgIpc) is 2.54. The molecule has 0 heterocycles. The molecule has 0 aliphatic rings. The molecule has 0 heteroatoms. The Kier molecular flexibility index (Phi) is 8.67. The fourth-order valence-electron chi connectivity index (χ4n) is 2.38. The molecular formula is C22H28. The summed E-state index contributed by atoms with van der Waals surface area (Å²) >= 11 is 0. The van der Waals surface area contributed by atoms with Crippen molar-refractivity contribution in [3.8, 4) is 0 Å². The van der Waals surface area contributed by atoms with Gasteiger partial charge in [0.2, 0.25) is 0 Å². The maximum Gasteiger partial charge on any atom is -0.00889 e. The zero-order valence-electron chi connectivity index (χ0n) is 13.9. The molecule has 1 aromatic rings. The maximum atomic E-state index is 4.11. The Morgan fingerprint density at radius 1 is 1.14 bits per heavy atom. The Morgan fingerprint density at radius 2 is 1.86 bits per heavy atom. The highest BCUT2D eigenvalue weighted by Crippen LogP contribution is 2.17. The number of aryl methyl sites for hydroxylation is 1. The van der Waals surface area contributed by atoms with E-state index >= 15 is 0 Å². The molecule has 1 rings (SSSR count). The van der Waals surface area contributed by atoms with Gasteiger partial charge in [0.15, 0.2) is 0 Å². The van der Waals surface area contributed by atoms with Crippen LogP contribution in [-0.4, -0.2) is 0 Å². The van der Waals surface area contributed by atoms with Crippen molar-refractivity contribution < 1.29 is 0 Å². The minimum Gasteiger partial charge on any atom is -0.103 e. The van der Waals surface area contributed by atoms with Crippen molar-refractivity contribution in [2.75, 3.05) is 0 Å². The third-order valence-corrected chi connectivity index (χ3v) is 3.74.